The maximum Gasteiger partial charge on any atom is 0.175 e. The molecule has 8 heteroatoms. The van der Waals surface area contributed by atoms with E-state index in [1.807, 2.05) is 36.7 Å². The summed E-state index contributed by atoms with van der Waals surface area (Å²) in [6, 6.07) is 15.7. The van der Waals surface area contributed by atoms with Crippen LogP contribution in [-0.4, -0.2) is 52.9 Å². The molecule has 1 saturated heterocycles. The lowest BCUT2D eigenvalue weighted by molar-refractivity contribution is -0.0462. The van der Waals surface area contributed by atoms with E-state index in [1.165, 1.54) is 12.3 Å². The highest BCUT2D eigenvalue weighted by Crippen LogP contribution is 2.38. The molecule has 2 aromatic carbocycles. The molecule has 2 aromatic heterocycles. The minimum atomic E-state index is -3.28. The molecule has 1 aliphatic rings. The summed E-state index contributed by atoms with van der Waals surface area (Å²) in [5.41, 5.74) is 3.97. The van der Waals surface area contributed by atoms with Crippen LogP contribution in [0.2, 0.25) is 0 Å². The fourth-order valence-corrected chi connectivity index (χ4v) is 6.25. The number of benzene rings is 2. The van der Waals surface area contributed by atoms with Crippen LogP contribution in [0.25, 0.3) is 33.4 Å². The first-order chi connectivity index (χ1) is 18.2. The molecular weight excluding hydrogens is 513 g/mol. The Bertz CT molecular complexity index is 1660. The summed E-state index contributed by atoms with van der Waals surface area (Å²) in [6.45, 7) is 9.92. The highest BCUT2D eigenvalue weighted by molar-refractivity contribution is 7.90. The first kappa shape index (κ1) is 27.5. The third kappa shape index (κ3) is 5.13. The summed E-state index contributed by atoms with van der Waals surface area (Å²) >= 11 is 0. The lowest BCUT2D eigenvalue weighted by Gasteiger charge is -2.44. The molecule has 39 heavy (non-hydrogen) atoms. The molecule has 0 atom stereocenters. The molecule has 5 rings (SSSR count). The molecule has 0 aliphatic carbocycles. The molecule has 0 bridgehead atoms. The smallest absolute Gasteiger partial charge is 0.175 e. The van der Waals surface area contributed by atoms with Crippen LogP contribution >= 0.6 is 0 Å². The molecule has 0 saturated carbocycles. The number of aryl methyl sites for hydroxylation is 2. The number of pyridine rings is 1. The van der Waals surface area contributed by atoms with Crippen LogP contribution < -0.4 is 0 Å². The summed E-state index contributed by atoms with van der Waals surface area (Å²) in [6.07, 6.45) is 2.31. The van der Waals surface area contributed by atoms with Gasteiger partial charge in [-0.25, -0.2) is 12.8 Å². The van der Waals surface area contributed by atoms with Gasteiger partial charge in [0.15, 0.2) is 9.84 Å². The normalized spacial score (nSPS) is 16.6. The van der Waals surface area contributed by atoms with Crippen molar-refractivity contribution in [2.75, 3.05) is 19.3 Å². The van der Waals surface area contributed by atoms with Gasteiger partial charge < -0.3 is 9.67 Å². The Morgan fingerprint density at radius 3 is 2.21 bits per heavy atom. The second kappa shape index (κ2) is 9.54. The van der Waals surface area contributed by atoms with E-state index >= 15 is 4.39 Å². The zero-order valence-corrected chi connectivity index (χ0v) is 24.2. The van der Waals surface area contributed by atoms with Gasteiger partial charge in [-0.1, -0.05) is 18.2 Å². The van der Waals surface area contributed by atoms with Crippen molar-refractivity contribution in [2.45, 2.75) is 56.6 Å². The van der Waals surface area contributed by atoms with E-state index in [4.69, 9.17) is 4.98 Å². The van der Waals surface area contributed by atoms with Crippen LogP contribution in [0.15, 0.2) is 59.5 Å². The van der Waals surface area contributed by atoms with Crippen molar-refractivity contribution in [3.8, 4) is 22.5 Å². The summed E-state index contributed by atoms with van der Waals surface area (Å²) in [5.74, 6) is -0.406. The predicted molar refractivity (Wildman–Crippen MR) is 154 cm³/mol. The molecule has 206 valence electrons. The molecular formula is C31H36FN3O3S. The van der Waals surface area contributed by atoms with Crippen molar-refractivity contribution in [3.05, 3.63) is 71.7 Å². The average Bonchev–Trinajstić information content (AvgIpc) is 3.20. The second-order valence-electron chi connectivity index (χ2n) is 11.8. The molecule has 1 aliphatic heterocycles. The molecule has 3 heterocycles. The van der Waals surface area contributed by atoms with E-state index in [-0.39, 0.29) is 10.4 Å². The van der Waals surface area contributed by atoms with Gasteiger partial charge in [-0.2, -0.15) is 0 Å². The molecule has 6 nitrogen and oxygen atoms in total. The van der Waals surface area contributed by atoms with E-state index in [1.54, 1.807) is 30.3 Å². The number of piperidine rings is 1. The molecule has 1 fully saturated rings. The van der Waals surface area contributed by atoms with Crippen LogP contribution in [0.5, 0.6) is 0 Å². The lowest BCUT2D eigenvalue weighted by atomic mass is 9.82. The van der Waals surface area contributed by atoms with Gasteiger partial charge in [0.1, 0.15) is 5.82 Å². The Hall–Kier alpha value is -3.07. The minimum Gasteiger partial charge on any atom is -0.385 e. The summed E-state index contributed by atoms with van der Waals surface area (Å²) in [7, 11) is -1.34. The number of aromatic nitrogens is 2. The number of hydrogen-bond acceptors (Lipinski definition) is 5. The number of aliphatic hydroxyl groups is 1. The maximum atomic E-state index is 15.5. The summed E-state index contributed by atoms with van der Waals surface area (Å²) < 4.78 is 41.3. The molecule has 0 radical (unpaired) electrons. The molecule has 0 amide bonds. The van der Waals surface area contributed by atoms with E-state index in [0.717, 1.165) is 40.9 Å². The number of nitrogens with zero attached hydrogens (tertiary/aromatic N) is 3. The Balaban J connectivity index is 1.47. The lowest BCUT2D eigenvalue weighted by Crippen LogP contribution is -2.50. The van der Waals surface area contributed by atoms with Crippen molar-refractivity contribution < 1.29 is 17.9 Å². The molecule has 4 aromatic rings. The fourth-order valence-electron chi connectivity index (χ4n) is 5.62. The fraction of sp³-hybridized carbons (Fsp3) is 0.387. The van der Waals surface area contributed by atoms with Gasteiger partial charge in [-0.3, -0.25) is 9.88 Å². The van der Waals surface area contributed by atoms with Crippen molar-refractivity contribution in [1.29, 1.82) is 0 Å². The minimum absolute atomic E-state index is 0.0367. The van der Waals surface area contributed by atoms with Gasteiger partial charge in [-0.15, -0.1) is 0 Å². The first-order valence-electron chi connectivity index (χ1n) is 13.2. The van der Waals surface area contributed by atoms with Gasteiger partial charge in [0, 0.05) is 54.3 Å². The molecule has 0 unspecified atom stereocenters. The number of rotatable bonds is 4. The molecule has 1 N–H and O–H groups in total. The Kier molecular flexibility index (Phi) is 6.72. The van der Waals surface area contributed by atoms with Crippen LogP contribution in [0.1, 0.15) is 44.9 Å². The van der Waals surface area contributed by atoms with Crippen molar-refractivity contribution in [3.63, 3.8) is 0 Å². The van der Waals surface area contributed by atoms with Crippen molar-refractivity contribution >= 4 is 20.7 Å². The van der Waals surface area contributed by atoms with Crippen LogP contribution in [0.3, 0.4) is 0 Å². The van der Waals surface area contributed by atoms with Gasteiger partial charge in [0.25, 0.3) is 0 Å². The number of sulfone groups is 1. The zero-order chi connectivity index (χ0) is 28.3. The average molecular weight is 550 g/mol. The Morgan fingerprint density at radius 1 is 1.00 bits per heavy atom. The topological polar surface area (TPSA) is 75.4 Å². The van der Waals surface area contributed by atoms with Gasteiger partial charge in [0.2, 0.25) is 0 Å². The highest BCUT2D eigenvalue weighted by atomic mass is 32.2. The van der Waals surface area contributed by atoms with E-state index in [2.05, 4.69) is 25.7 Å². The summed E-state index contributed by atoms with van der Waals surface area (Å²) in [5, 5.41) is 12.3. The third-order valence-corrected chi connectivity index (χ3v) is 9.26. The standard InChI is InChI=1S/C31H36FN3O3S/c1-20-25-18-28(21-7-10-23(11-8-21)39(6,37)38)34(5)29(25)19-27(33-20)24-12-9-22(17-26(24)32)31(36)13-15-35(16-14-31)30(2,3)4/h7-12,17-19,36H,13-16H2,1-6H3. The number of halogens is 1. The van der Waals surface area contributed by atoms with Gasteiger partial charge in [-0.05, 0) is 88.1 Å². The van der Waals surface area contributed by atoms with E-state index < -0.39 is 21.3 Å². The van der Waals surface area contributed by atoms with Gasteiger partial charge in [0.05, 0.1) is 21.7 Å². The number of hydrogen-bond donors (Lipinski definition) is 1. The van der Waals surface area contributed by atoms with Crippen molar-refractivity contribution in [2.24, 2.45) is 7.05 Å². The second-order valence-corrected chi connectivity index (χ2v) is 13.8. The van der Waals surface area contributed by atoms with E-state index in [9.17, 15) is 13.5 Å². The monoisotopic (exact) mass is 549 g/mol. The largest absolute Gasteiger partial charge is 0.385 e. The number of fused-ring (bicyclic) bond motifs is 1. The SMILES string of the molecule is Cc1nc(-c2ccc(C3(O)CCN(C(C)(C)C)CC3)cc2F)cc2c1cc(-c1ccc(S(C)(=O)=O)cc1)n2C. The third-order valence-electron chi connectivity index (χ3n) is 8.13. The Labute approximate surface area is 230 Å². The Morgan fingerprint density at radius 2 is 1.64 bits per heavy atom. The highest BCUT2D eigenvalue weighted by Gasteiger charge is 2.37. The van der Waals surface area contributed by atoms with Gasteiger partial charge >= 0.3 is 0 Å². The van der Waals surface area contributed by atoms with E-state index in [0.29, 0.717) is 29.7 Å². The molecule has 0 spiro atoms. The van der Waals surface area contributed by atoms with Crippen LogP contribution in [0.4, 0.5) is 4.39 Å². The first-order valence-corrected chi connectivity index (χ1v) is 15.1. The van der Waals surface area contributed by atoms with Crippen molar-refractivity contribution in [1.82, 2.24) is 14.5 Å². The summed E-state index contributed by atoms with van der Waals surface area (Å²) in [4.78, 5) is 7.34. The quantitative estimate of drug-likeness (QED) is 0.346. The maximum absolute atomic E-state index is 15.5. The van der Waals surface area contributed by atoms with Crippen LogP contribution in [-0.2, 0) is 22.5 Å². The predicted octanol–water partition coefficient (Wildman–Crippen LogP) is 5.84. The zero-order valence-electron chi connectivity index (χ0n) is 23.4. The number of likely N-dealkylation sites (tertiary alicyclic amines) is 1. The van der Waals surface area contributed by atoms with Crippen LogP contribution in [0, 0.1) is 12.7 Å².